The van der Waals surface area contributed by atoms with Gasteiger partial charge in [0.1, 0.15) is 11.8 Å². The number of benzene rings is 1. The molecule has 0 aliphatic rings. The average molecular weight is 537 g/mol. The Morgan fingerprint density at radius 1 is 1.05 bits per heavy atom. The zero-order chi connectivity index (χ0) is 27.6. The molecule has 1 unspecified atom stereocenters. The summed E-state index contributed by atoms with van der Waals surface area (Å²) in [6.45, 7) is 6.61. The van der Waals surface area contributed by atoms with E-state index in [1.807, 2.05) is 5.32 Å². The van der Waals surface area contributed by atoms with Gasteiger partial charge in [0, 0.05) is 18.7 Å². The van der Waals surface area contributed by atoms with Gasteiger partial charge in [-0.25, -0.2) is 18.0 Å². The number of amides is 4. The molecule has 1 heterocycles. The molecule has 0 aliphatic heterocycles. The highest BCUT2D eigenvalue weighted by atomic mass is 32.2. The minimum absolute atomic E-state index is 0.0395. The number of carbonyl (C=O) groups is 4. The number of imide groups is 1. The summed E-state index contributed by atoms with van der Waals surface area (Å²) in [6, 6.07) is 6.85. The van der Waals surface area contributed by atoms with Crippen molar-refractivity contribution < 1.29 is 36.7 Å². The van der Waals surface area contributed by atoms with Crippen LogP contribution in [0.1, 0.15) is 43.8 Å². The molecular formula is C24H32N4O8S. The largest absolute Gasteiger partial charge is 0.467 e. The number of urea groups is 1. The molecule has 0 saturated heterocycles. The number of hydrogen-bond donors (Lipinski definition) is 3. The number of ether oxygens (including phenoxy) is 1. The minimum atomic E-state index is -3.78. The van der Waals surface area contributed by atoms with E-state index in [4.69, 9.17) is 9.15 Å². The molecule has 202 valence electrons. The molecule has 0 bridgehead atoms. The average Bonchev–Trinajstić information content (AvgIpc) is 3.38. The zero-order valence-corrected chi connectivity index (χ0v) is 22.0. The summed E-state index contributed by atoms with van der Waals surface area (Å²) >= 11 is 0. The molecule has 0 saturated carbocycles. The predicted octanol–water partition coefficient (Wildman–Crippen LogP) is 1.63. The van der Waals surface area contributed by atoms with Gasteiger partial charge >= 0.3 is 12.0 Å². The van der Waals surface area contributed by atoms with E-state index in [1.54, 1.807) is 39.8 Å². The van der Waals surface area contributed by atoms with Gasteiger partial charge in [-0.3, -0.25) is 14.9 Å². The molecule has 1 aromatic heterocycles. The third-order valence-electron chi connectivity index (χ3n) is 5.25. The first-order chi connectivity index (χ1) is 17.5. The molecule has 1 atom stereocenters. The fourth-order valence-corrected chi connectivity index (χ4v) is 4.75. The highest BCUT2D eigenvalue weighted by molar-refractivity contribution is 7.89. The Morgan fingerprint density at radius 2 is 1.76 bits per heavy atom. The van der Waals surface area contributed by atoms with Gasteiger partial charge in [0.15, 0.2) is 6.61 Å². The van der Waals surface area contributed by atoms with E-state index in [0.29, 0.717) is 5.76 Å². The van der Waals surface area contributed by atoms with E-state index in [1.165, 1.54) is 34.8 Å². The summed E-state index contributed by atoms with van der Waals surface area (Å²) in [5, 5.41) is 6.95. The maximum Gasteiger partial charge on any atom is 0.329 e. The van der Waals surface area contributed by atoms with Gasteiger partial charge in [-0.15, -0.1) is 0 Å². The molecule has 0 aliphatic carbocycles. The standard InChI is InChI=1S/C24H32N4O8S/c1-5-28(6-2)37(33,34)19-11-7-9-17(13-19)22(30)27-21(16(3)4)23(31)36-15-20(29)26-24(32)25-14-18-10-8-12-35-18/h7-13,16,21H,5-6,14-15H2,1-4H3,(H,27,30)(H2,25,26,29,32). The van der Waals surface area contributed by atoms with Crippen molar-refractivity contribution in [2.45, 2.75) is 45.2 Å². The molecule has 0 spiro atoms. The van der Waals surface area contributed by atoms with Crippen molar-refractivity contribution in [3.63, 3.8) is 0 Å². The van der Waals surface area contributed by atoms with Crippen LogP contribution in [-0.2, 0) is 30.9 Å². The van der Waals surface area contributed by atoms with E-state index < -0.39 is 52.4 Å². The number of hydrogen-bond acceptors (Lipinski definition) is 8. The predicted molar refractivity (Wildman–Crippen MR) is 133 cm³/mol. The Morgan fingerprint density at radius 3 is 2.35 bits per heavy atom. The van der Waals surface area contributed by atoms with E-state index in [2.05, 4.69) is 10.6 Å². The van der Waals surface area contributed by atoms with E-state index in [-0.39, 0.29) is 30.1 Å². The van der Waals surface area contributed by atoms with Crippen molar-refractivity contribution in [3.05, 3.63) is 54.0 Å². The highest BCUT2D eigenvalue weighted by Crippen LogP contribution is 2.17. The van der Waals surface area contributed by atoms with Gasteiger partial charge in [0.25, 0.3) is 11.8 Å². The number of esters is 1. The number of rotatable bonds is 12. The molecule has 1 aromatic carbocycles. The Kier molecular flexibility index (Phi) is 10.8. The third-order valence-corrected chi connectivity index (χ3v) is 7.29. The number of sulfonamides is 1. The van der Waals surface area contributed by atoms with Crippen LogP contribution in [0.5, 0.6) is 0 Å². The molecule has 4 amide bonds. The normalized spacial score (nSPS) is 12.2. The second-order valence-corrected chi connectivity index (χ2v) is 10.2. The first kappa shape index (κ1) is 29.5. The zero-order valence-electron chi connectivity index (χ0n) is 21.1. The van der Waals surface area contributed by atoms with E-state index in [0.717, 1.165) is 0 Å². The summed E-state index contributed by atoms with van der Waals surface area (Å²) in [6.07, 6.45) is 1.44. The second kappa shape index (κ2) is 13.6. The summed E-state index contributed by atoms with van der Waals surface area (Å²) in [4.78, 5) is 49.1. The Balaban J connectivity index is 1.97. The maximum absolute atomic E-state index is 12.8. The molecular weight excluding hydrogens is 504 g/mol. The van der Waals surface area contributed by atoms with Crippen LogP contribution < -0.4 is 16.0 Å². The molecule has 37 heavy (non-hydrogen) atoms. The molecule has 13 heteroatoms. The first-order valence-electron chi connectivity index (χ1n) is 11.7. The lowest BCUT2D eigenvalue weighted by Gasteiger charge is -2.21. The van der Waals surface area contributed by atoms with Gasteiger partial charge in [-0.2, -0.15) is 4.31 Å². The van der Waals surface area contributed by atoms with Crippen molar-refractivity contribution in [1.29, 1.82) is 0 Å². The Bertz CT molecular complexity index is 1190. The number of furan rings is 1. The van der Waals surface area contributed by atoms with Crippen LogP contribution in [-0.4, -0.2) is 62.3 Å². The van der Waals surface area contributed by atoms with Gasteiger partial charge in [-0.05, 0) is 36.2 Å². The molecule has 2 aromatic rings. The number of nitrogens with zero attached hydrogens (tertiary/aromatic N) is 1. The summed E-state index contributed by atoms with van der Waals surface area (Å²) in [7, 11) is -3.78. The number of carbonyl (C=O) groups excluding carboxylic acids is 4. The van der Waals surface area contributed by atoms with Crippen LogP contribution in [0.3, 0.4) is 0 Å². The molecule has 3 N–H and O–H groups in total. The van der Waals surface area contributed by atoms with Crippen LogP contribution in [0.2, 0.25) is 0 Å². The van der Waals surface area contributed by atoms with Crippen molar-refractivity contribution >= 4 is 33.8 Å². The molecule has 12 nitrogen and oxygen atoms in total. The van der Waals surface area contributed by atoms with Gasteiger partial charge in [-0.1, -0.05) is 33.8 Å². The van der Waals surface area contributed by atoms with E-state index >= 15 is 0 Å². The van der Waals surface area contributed by atoms with Crippen molar-refractivity contribution in [1.82, 2.24) is 20.3 Å². The van der Waals surface area contributed by atoms with Crippen LogP contribution in [0.15, 0.2) is 52.0 Å². The van der Waals surface area contributed by atoms with Crippen LogP contribution in [0, 0.1) is 5.92 Å². The Labute approximate surface area is 215 Å². The Hall–Kier alpha value is -3.71. The highest BCUT2D eigenvalue weighted by Gasteiger charge is 2.28. The second-order valence-electron chi connectivity index (χ2n) is 8.23. The summed E-state index contributed by atoms with van der Waals surface area (Å²) in [5.74, 6) is -2.37. The lowest BCUT2D eigenvalue weighted by Crippen LogP contribution is -2.47. The lowest BCUT2D eigenvalue weighted by molar-refractivity contribution is -0.151. The summed E-state index contributed by atoms with van der Waals surface area (Å²) in [5.41, 5.74) is 0.0395. The van der Waals surface area contributed by atoms with Crippen molar-refractivity contribution in [2.24, 2.45) is 5.92 Å². The maximum atomic E-state index is 12.8. The molecule has 0 fully saturated rings. The smallest absolute Gasteiger partial charge is 0.329 e. The van der Waals surface area contributed by atoms with Crippen molar-refractivity contribution in [2.75, 3.05) is 19.7 Å². The monoisotopic (exact) mass is 536 g/mol. The lowest BCUT2D eigenvalue weighted by atomic mass is 10.0. The van der Waals surface area contributed by atoms with Crippen molar-refractivity contribution in [3.8, 4) is 0 Å². The molecule has 2 rings (SSSR count). The first-order valence-corrected chi connectivity index (χ1v) is 13.1. The van der Waals surface area contributed by atoms with Gasteiger partial charge in [0.2, 0.25) is 10.0 Å². The van der Waals surface area contributed by atoms with Crippen LogP contribution >= 0.6 is 0 Å². The minimum Gasteiger partial charge on any atom is -0.467 e. The van der Waals surface area contributed by atoms with E-state index in [9.17, 15) is 27.6 Å². The van der Waals surface area contributed by atoms with Crippen LogP contribution in [0.4, 0.5) is 4.79 Å². The SMILES string of the molecule is CCN(CC)S(=O)(=O)c1cccc(C(=O)NC(C(=O)OCC(=O)NC(=O)NCc2ccco2)C(C)C)c1. The number of nitrogens with one attached hydrogen (secondary N) is 3. The quantitative estimate of drug-likeness (QED) is 0.345. The fourth-order valence-electron chi connectivity index (χ4n) is 3.25. The van der Waals surface area contributed by atoms with Gasteiger partial charge in [0.05, 0.1) is 17.7 Å². The fraction of sp³-hybridized carbons (Fsp3) is 0.417. The van der Waals surface area contributed by atoms with Crippen LogP contribution in [0.25, 0.3) is 0 Å². The third kappa shape index (κ3) is 8.43. The summed E-state index contributed by atoms with van der Waals surface area (Å²) < 4.78 is 36.9. The topological polar surface area (TPSA) is 164 Å². The van der Waals surface area contributed by atoms with Gasteiger partial charge < -0.3 is 19.8 Å². The molecule has 0 radical (unpaired) electrons.